The average molecular weight is 390 g/mol. The quantitative estimate of drug-likeness (QED) is 0.688. The van der Waals surface area contributed by atoms with Gasteiger partial charge in [-0.1, -0.05) is 30.3 Å². The van der Waals surface area contributed by atoms with Crippen molar-refractivity contribution in [2.75, 3.05) is 6.54 Å². The summed E-state index contributed by atoms with van der Waals surface area (Å²) in [5.74, 6) is 0.0580. The summed E-state index contributed by atoms with van der Waals surface area (Å²) in [4.78, 5) is 27.5. The Hall–Kier alpha value is -3.15. The van der Waals surface area contributed by atoms with Crippen molar-refractivity contribution in [3.8, 4) is 0 Å². The second-order valence-corrected chi connectivity index (χ2v) is 7.83. The zero-order valence-corrected chi connectivity index (χ0v) is 17.1. The highest BCUT2D eigenvalue weighted by Gasteiger charge is 2.27. The smallest absolute Gasteiger partial charge is 0.251 e. The maximum absolute atomic E-state index is 13.1. The summed E-state index contributed by atoms with van der Waals surface area (Å²) in [7, 11) is 0. The number of pyridine rings is 1. The predicted molar refractivity (Wildman–Crippen MR) is 112 cm³/mol. The van der Waals surface area contributed by atoms with Crippen molar-refractivity contribution < 1.29 is 4.79 Å². The van der Waals surface area contributed by atoms with Crippen molar-refractivity contribution in [2.24, 2.45) is 0 Å². The van der Waals surface area contributed by atoms with E-state index in [1.165, 1.54) is 0 Å². The van der Waals surface area contributed by atoms with Crippen LogP contribution in [0, 0.1) is 13.8 Å². The van der Waals surface area contributed by atoms with Crippen molar-refractivity contribution in [3.63, 3.8) is 0 Å². The van der Waals surface area contributed by atoms with E-state index in [1.54, 1.807) is 15.3 Å². The van der Waals surface area contributed by atoms with Crippen LogP contribution in [0.2, 0.25) is 0 Å². The van der Waals surface area contributed by atoms with Gasteiger partial charge in [0.15, 0.2) is 0 Å². The number of carbonyl (C=O) groups excluding carboxylic acids is 1. The van der Waals surface area contributed by atoms with Crippen LogP contribution in [-0.2, 0) is 24.3 Å². The number of aryl methyl sites for hydroxylation is 2. The zero-order chi connectivity index (χ0) is 20.5. The second-order valence-electron chi connectivity index (χ2n) is 7.83. The van der Waals surface area contributed by atoms with E-state index >= 15 is 0 Å². The molecule has 0 spiro atoms. The molecule has 2 aromatic heterocycles. The van der Waals surface area contributed by atoms with Crippen LogP contribution < -0.4 is 5.56 Å². The first-order valence-electron chi connectivity index (χ1n) is 10.00. The summed E-state index contributed by atoms with van der Waals surface area (Å²) in [6.45, 7) is 7.47. The molecule has 1 atom stereocenters. The number of fused-ring (bicyclic) bond motifs is 1. The molecule has 0 bridgehead atoms. The molecule has 150 valence electrons. The molecule has 0 N–H and O–H groups in total. The molecule has 3 aromatic rings. The molecule has 29 heavy (non-hydrogen) atoms. The molecule has 1 amide bonds. The summed E-state index contributed by atoms with van der Waals surface area (Å²) in [6.07, 6.45) is 2.62. The molecule has 6 nitrogen and oxygen atoms in total. The summed E-state index contributed by atoms with van der Waals surface area (Å²) in [5, 5.41) is 4.47. The Balaban J connectivity index is 1.55. The molecular weight excluding hydrogens is 364 g/mol. The predicted octanol–water partition coefficient (Wildman–Crippen LogP) is 2.86. The first-order valence-corrected chi connectivity index (χ1v) is 10.00. The molecule has 1 aromatic carbocycles. The van der Waals surface area contributed by atoms with Crippen LogP contribution in [0.15, 0.2) is 53.5 Å². The molecule has 4 rings (SSSR count). The number of benzene rings is 1. The number of rotatable bonds is 4. The lowest BCUT2D eigenvalue weighted by atomic mass is 10.0. The molecular formula is C23H26N4O2. The molecule has 1 aliphatic heterocycles. The molecule has 3 heterocycles. The van der Waals surface area contributed by atoms with Crippen LogP contribution in [0.25, 0.3) is 0 Å². The number of hydrogen-bond donors (Lipinski definition) is 0. The average Bonchev–Trinajstić information content (AvgIpc) is 3.06. The van der Waals surface area contributed by atoms with Gasteiger partial charge in [0, 0.05) is 31.0 Å². The highest BCUT2D eigenvalue weighted by atomic mass is 16.2. The number of nitrogens with zero attached hydrogens (tertiary/aromatic N) is 4. The Morgan fingerprint density at radius 3 is 2.59 bits per heavy atom. The summed E-state index contributed by atoms with van der Waals surface area (Å²) in [6, 6.07) is 13.3. The van der Waals surface area contributed by atoms with Gasteiger partial charge in [-0.25, -0.2) is 0 Å². The van der Waals surface area contributed by atoms with Gasteiger partial charge in [-0.2, -0.15) is 5.10 Å². The van der Waals surface area contributed by atoms with E-state index in [4.69, 9.17) is 0 Å². The summed E-state index contributed by atoms with van der Waals surface area (Å²) < 4.78 is 3.52. The fourth-order valence-electron chi connectivity index (χ4n) is 4.07. The van der Waals surface area contributed by atoms with E-state index in [9.17, 15) is 9.59 Å². The zero-order valence-electron chi connectivity index (χ0n) is 17.1. The second kappa shape index (κ2) is 7.70. The number of carbonyl (C=O) groups is 1. The van der Waals surface area contributed by atoms with Crippen LogP contribution >= 0.6 is 0 Å². The van der Waals surface area contributed by atoms with Gasteiger partial charge in [0.05, 0.1) is 12.2 Å². The Morgan fingerprint density at radius 1 is 1.14 bits per heavy atom. The fraction of sp³-hybridized carbons (Fsp3) is 0.348. The van der Waals surface area contributed by atoms with Crippen molar-refractivity contribution >= 4 is 5.91 Å². The van der Waals surface area contributed by atoms with Gasteiger partial charge < -0.3 is 9.47 Å². The van der Waals surface area contributed by atoms with Crippen molar-refractivity contribution in [1.82, 2.24) is 19.2 Å². The maximum Gasteiger partial charge on any atom is 0.251 e. The standard InChI is InChI=1S/C23H26N4O2/c1-16-11-17(2)27(24-16)18(3)23(29)25-10-9-20-12-22(28)26(15-21(20)14-25)13-19-7-5-4-6-8-19/h4-8,11-12,15,18H,9-10,13-14H2,1-3H3. The van der Waals surface area contributed by atoms with Crippen molar-refractivity contribution in [3.05, 3.63) is 87.1 Å². The first-order chi connectivity index (χ1) is 13.9. The highest BCUT2D eigenvalue weighted by molar-refractivity contribution is 5.80. The molecule has 0 radical (unpaired) electrons. The van der Waals surface area contributed by atoms with Crippen LogP contribution in [0.3, 0.4) is 0 Å². The third-order valence-corrected chi connectivity index (χ3v) is 5.59. The Kier molecular flexibility index (Phi) is 5.09. The van der Waals surface area contributed by atoms with Gasteiger partial charge in [-0.15, -0.1) is 0 Å². The normalized spacial score (nSPS) is 14.5. The third kappa shape index (κ3) is 3.88. The molecule has 0 saturated heterocycles. The summed E-state index contributed by atoms with van der Waals surface area (Å²) >= 11 is 0. The van der Waals surface area contributed by atoms with Gasteiger partial charge in [-0.3, -0.25) is 14.3 Å². The van der Waals surface area contributed by atoms with Crippen LogP contribution in [0.1, 0.15) is 41.0 Å². The summed E-state index contributed by atoms with van der Waals surface area (Å²) in [5.41, 5.74) is 5.07. The van der Waals surface area contributed by atoms with E-state index < -0.39 is 0 Å². The maximum atomic E-state index is 13.1. The lowest BCUT2D eigenvalue weighted by molar-refractivity contribution is -0.135. The lowest BCUT2D eigenvalue weighted by Crippen LogP contribution is -2.41. The van der Waals surface area contributed by atoms with Crippen molar-refractivity contribution in [2.45, 2.75) is 46.3 Å². The topological polar surface area (TPSA) is 60.1 Å². The number of amides is 1. The van der Waals surface area contributed by atoms with Crippen molar-refractivity contribution in [1.29, 1.82) is 0 Å². The van der Waals surface area contributed by atoms with Gasteiger partial charge in [0.25, 0.3) is 5.56 Å². The van der Waals surface area contributed by atoms with Gasteiger partial charge in [-0.05, 0) is 49.9 Å². The largest absolute Gasteiger partial charge is 0.336 e. The van der Waals surface area contributed by atoms with E-state index in [0.717, 1.165) is 28.1 Å². The van der Waals surface area contributed by atoms with Gasteiger partial charge >= 0.3 is 0 Å². The third-order valence-electron chi connectivity index (χ3n) is 5.59. The van der Waals surface area contributed by atoms with E-state index in [0.29, 0.717) is 26.1 Å². The molecule has 1 aliphatic rings. The molecule has 0 saturated carbocycles. The van der Waals surface area contributed by atoms with Gasteiger partial charge in [0.2, 0.25) is 5.91 Å². The van der Waals surface area contributed by atoms with E-state index in [1.807, 2.05) is 68.3 Å². The minimum absolute atomic E-state index is 0.00314. The van der Waals surface area contributed by atoms with E-state index in [-0.39, 0.29) is 17.5 Å². The Labute approximate surface area is 170 Å². The van der Waals surface area contributed by atoms with E-state index in [2.05, 4.69) is 5.10 Å². The SMILES string of the molecule is Cc1cc(C)n(C(C)C(=O)N2CCc3cc(=O)n(Cc4ccccc4)cc3C2)n1. The molecule has 6 heteroatoms. The first kappa shape index (κ1) is 19.2. The number of hydrogen-bond acceptors (Lipinski definition) is 3. The molecule has 1 unspecified atom stereocenters. The Morgan fingerprint density at radius 2 is 1.90 bits per heavy atom. The molecule has 0 aliphatic carbocycles. The molecule has 0 fully saturated rings. The Bertz CT molecular complexity index is 1100. The minimum atomic E-state index is -0.347. The monoisotopic (exact) mass is 390 g/mol. The van der Waals surface area contributed by atoms with Crippen LogP contribution in [-0.4, -0.2) is 31.7 Å². The van der Waals surface area contributed by atoms with Crippen LogP contribution in [0.5, 0.6) is 0 Å². The minimum Gasteiger partial charge on any atom is -0.336 e. The van der Waals surface area contributed by atoms with Crippen LogP contribution in [0.4, 0.5) is 0 Å². The van der Waals surface area contributed by atoms with Gasteiger partial charge in [0.1, 0.15) is 6.04 Å². The lowest BCUT2D eigenvalue weighted by Gasteiger charge is -2.31. The fourth-order valence-corrected chi connectivity index (χ4v) is 4.07. The number of aromatic nitrogens is 3. The highest BCUT2D eigenvalue weighted by Crippen LogP contribution is 2.21.